The van der Waals surface area contributed by atoms with E-state index >= 15 is 0 Å². The molecule has 2 aliphatic rings. The van der Waals surface area contributed by atoms with Crippen molar-refractivity contribution >= 4 is 0 Å². The van der Waals surface area contributed by atoms with Gasteiger partial charge in [-0.2, -0.15) is 0 Å². The summed E-state index contributed by atoms with van der Waals surface area (Å²) >= 11 is 0. The predicted molar refractivity (Wildman–Crippen MR) is 140 cm³/mol. The van der Waals surface area contributed by atoms with Crippen molar-refractivity contribution in [2.45, 2.75) is 26.2 Å². The van der Waals surface area contributed by atoms with Crippen LogP contribution < -0.4 is 24.8 Å². The molecule has 0 fully saturated rings. The van der Waals surface area contributed by atoms with E-state index in [0.29, 0.717) is 5.92 Å². The van der Waals surface area contributed by atoms with Gasteiger partial charge in [0.2, 0.25) is 0 Å². The molecule has 4 aromatic carbocycles. The van der Waals surface area contributed by atoms with Gasteiger partial charge in [0, 0.05) is 5.92 Å². The van der Waals surface area contributed by atoms with Crippen LogP contribution in [0.2, 0.25) is 0 Å². The zero-order chi connectivity index (χ0) is 22.4. The molecule has 178 valence electrons. The molecule has 0 radical (unpaired) electrons. The molecule has 0 unspecified atom stereocenters. The zero-order valence-electron chi connectivity index (χ0n) is 20.5. The third kappa shape index (κ3) is 4.87. The first-order chi connectivity index (χ1) is 16.1. The molecule has 0 bridgehead atoms. The molecular weight excluding hydrogens is 558 g/mol. The number of hydrogen-bond donors (Lipinski definition) is 0. The maximum Gasteiger partial charge on any atom is 2.00 e. The van der Waals surface area contributed by atoms with Crippen molar-refractivity contribution in [2.75, 3.05) is 0 Å². The summed E-state index contributed by atoms with van der Waals surface area (Å²) in [7, 11) is 0. The summed E-state index contributed by atoms with van der Waals surface area (Å²) in [6.07, 6.45) is 7.88. The van der Waals surface area contributed by atoms with E-state index in [9.17, 15) is 0 Å². The van der Waals surface area contributed by atoms with Crippen LogP contribution >= 0.6 is 0 Å². The van der Waals surface area contributed by atoms with Gasteiger partial charge in [-0.25, -0.2) is 0 Å². The molecule has 2 aliphatic carbocycles. The number of fused-ring (bicyclic) bond motifs is 3. The molecule has 0 amide bonds. The summed E-state index contributed by atoms with van der Waals surface area (Å²) < 4.78 is 0. The fourth-order valence-corrected chi connectivity index (χ4v) is 5.77. The third-order valence-corrected chi connectivity index (χ3v) is 7.55. The minimum atomic E-state index is 0. The fourth-order valence-electron chi connectivity index (χ4n) is 5.77. The number of benzene rings is 4. The molecule has 36 heavy (non-hydrogen) atoms. The Morgan fingerprint density at radius 1 is 0.611 bits per heavy atom. The van der Waals surface area contributed by atoms with E-state index in [1.54, 1.807) is 0 Å². The number of hydrogen-bond acceptors (Lipinski definition) is 0. The smallest absolute Gasteiger partial charge is 1.00 e. The van der Waals surface area contributed by atoms with Crippen LogP contribution in [0.25, 0.3) is 33.4 Å². The Labute approximate surface area is 246 Å². The van der Waals surface area contributed by atoms with Crippen LogP contribution in [0.4, 0.5) is 0 Å². The quantitative estimate of drug-likeness (QED) is 0.345. The summed E-state index contributed by atoms with van der Waals surface area (Å²) in [4.78, 5) is 0. The maximum absolute atomic E-state index is 2.45. The molecule has 4 aromatic rings. The predicted octanol–water partition coefficient (Wildman–Crippen LogP) is 3.05. The summed E-state index contributed by atoms with van der Waals surface area (Å²) in [5.41, 5.74) is 12.4. The standard InChI is InChI=1S/C33H28.2ClH.Zr/c1-33(2,27-15-9-10-16-27)32-30-21-25(23-11-5-3-6-12-23)17-19-28(30)29-20-18-26(22-31(29)32)24-13-7-4-8-14-24;;;/h3-15,17-22,32H,16H2,1-2H3;2*1H;/q;;;+2/p-2. The van der Waals surface area contributed by atoms with Gasteiger partial charge in [-0.1, -0.05) is 123 Å². The summed E-state index contributed by atoms with van der Waals surface area (Å²) in [6, 6.07) is 35.7. The van der Waals surface area contributed by atoms with Crippen molar-refractivity contribution in [1.82, 2.24) is 0 Å². The first kappa shape index (κ1) is 28.4. The Kier molecular flexibility index (Phi) is 9.05. The molecule has 0 saturated heterocycles. The van der Waals surface area contributed by atoms with Crippen LogP contribution in [0.3, 0.4) is 0 Å². The molecule has 0 saturated carbocycles. The number of rotatable bonds is 4. The summed E-state index contributed by atoms with van der Waals surface area (Å²) in [5.74, 6) is 0.320. The van der Waals surface area contributed by atoms with Crippen LogP contribution in [0.5, 0.6) is 0 Å². The Morgan fingerprint density at radius 3 is 1.50 bits per heavy atom. The van der Waals surface area contributed by atoms with Gasteiger partial charge < -0.3 is 24.8 Å². The van der Waals surface area contributed by atoms with Crippen LogP contribution in [0.1, 0.15) is 37.3 Å². The van der Waals surface area contributed by atoms with E-state index in [-0.39, 0.29) is 56.4 Å². The van der Waals surface area contributed by atoms with E-state index in [1.165, 1.54) is 50.1 Å². The summed E-state index contributed by atoms with van der Waals surface area (Å²) in [6.45, 7) is 4.86. The maximum atomic E-state index is 2.45. The van der Waals surface area contributed by atoms with Crippen molar-refractivity contribution in [2.24, 2.45) is 5.41 Å². The Morgan fingerprint density at radius 2 is 1.08 bits per heavy atom. The van der Waals surface area contributed by atoms with Gasteiger partial charge in [0.25, 0.3) is 0 Å². The zero-order valence-corrected chi connectivity index (χ0v) is 24.5. The second kappa shape index (κ2) is 11.5. The Bertz CT molecular complexity index is 1310. The molecule has 0 spiro atoms. The normalized spacial score (nSPS) is 13.6. The van der Waals surface area contributed by atoms with Crippen molar-refractivity contribution in [3.05, 3.63) is 132 Å². The number of allylic oxidation sites excluding steroid dienone is 4. The second-order valence-electron chi connectivity index (χ2n) is 9.81. The third-order valence-electron chi connectivity index (χ3n) is 7.55. The van der Waals surface area contributed by atoms with Gasteiger partial charge in [0.05, 0.1) is 0 Å². The van der Waals surface area contributed by atoms with Gasteiger partial charge in [-0.05, 0) is 68.5 Å². The van der Waals surface area contributed by atoms with Crippen molar-refractivity contribution < 1.29 is 51.0 Å². The minimum absolute atomic E-state index is 0. The van der Waals surface area contributed by atoms with Crippen LogP contribution in [0.15, 0.2) is 121 Å². The fraction of sp³-hybridized carbons (Fsp3) is 0.152. The van der Waals surface area contributed by atoms with Gasteiger partial charge in [-0.15, -0.1) is 0 Å². The monoisotopic (exact) mass is 584 g/mol. The Hall–Kier alpha value is -2.18. The molecule has 0 aliphatic heterocycles. The number of halogens is 2. The molecule has 3 heteroatoms. The average molecular weight is 587 g/mol. The minimum Gasteiger partial charge on any atom is -1.00 e. The molecular formula is C33H28Cl2Zr. The van der Waals surface area contributed by atoms with E-state index < -0.39 is 0 Å². The van der Waals surface area contributed by atoms with Gasteiger partial charge >= 0.3 is 26.2 Å². The van der Waals surface area contributed by atoms with E-state index in [4.69, 9.17) is 0 Å². The first-order valence-corrected chi connectivity index (χ1v) is 11.9. The average Bonchev–Trinajstić information content (AvgIpc) is 3.52. The van der Waals surface area contributed by atoms with Gasteiger partial charge in [0.15, 0.2) is 0 Å². The molecule has 0 atom stereocenters. The molecule has 6 rings (SSSR count). The van der Waals surface area contributed by atoms with E-state index in [2.05, 4.69) is 129 Å². The van der Waals surface area contributed by atoms with Gasteiger partial charge in [-0.3, -0.25) is 0 Å². The molecule has 0 nitrogen and oxygen atoms in total. The van der Waals surface area contributed by atoms with Crippen molar-refractivity contribution in [3.8, 4) is 33.4 Å². The molecule has 0 heterocycles. The first-order valence-electron chi connectivity index (χ1n) is 11.9. The van der Waals surface area contributed by atoms with Gasteiger partial charge in [0.1, 0.15) is 0 Å². The largest absolute Gasteiger partial charge is 2.00 e. The molecule has 0 N–H and O–H groups in total. The van der Waals surface area contributed by atoms with Crippen LogP contribution in [-0.2, 0) is 26.2 Å². The summed E-state index contributed by atoms with van der Waals surface area (Å²) in [5, 5.41) is 0. The van der Waals surface area contributed by atoms with Crippen molar-refractivity contribution in [3.63, 3.8) is 0 Å². The van der Waals surface area contributed by atoms with Crippen molar-refractivity contribution in [1.29, 1.82) is 0 Å². The Balaban J connectivity index is 0.00000120. The van der Waals surface area contributed by atoms with E-state index in [1.807, 2.05) is 0 Å². The topological polar surface area (TPSA) is 0 Å². The van der Waals surface area contributed by atoms with Crippen LogP contribution in [0, 0.1) is 5.41 Å². The van der Waals surface area contributed by atoms with Crippen LogP contribution in [-0.4, -0.2) is 0 Å². The second-order valence-corrected chi connectivity index (χ2v) is 9.81. The molecule has 0 aromatic heterocycles. The van der Waals surface area contributed by atoms with E-state index in [0.717, 1.165) is 6.42 Å². The SMILES string of the molecule is CC(C)(C1=CC=CC1)C1c2cc(-c3ccccc3)ccc2-c2ccc(-c3ccccc3)cc21.[Cl-].[Cl-].[Zr+2].